The van der Waals surface area contributed by atoms with Gasteiger partial charge in [0, 0.05) is 35.1 Å². The van der Waals surface area contributed by atoms with Gasteiger partial charge in [0.25, 0.3) is 0 Å². The summed E-state index contributed by atoms with van der Waals surface area (Å²) in [5.41, 5.74) is -0.486. The van der Waals surface area contributed by atoms with Crippen molar-refractivity contribution in [2.24, 2.45) is 5.41 Å². The van der Waals surface area contributed by atoms with Crippen LogP contribution >= 0.6 is 0 Å². The number of aliphatic hydroxyl groups is 1. The molecule has 3 N–H and O–H groups in total. The third kappa shape index (κ3) is 6.75. The zero-order valence-corrected chi connectivity index (χ0v) is 26.3. The number of hydrogen-bond acceptors (Lipinski definition) is 8. The highest BCUT2D eigenvalue weighted by molar-refractivity contribution is 5.99. The van der Waals surface area contributed by atoms with Gasteiger partial charge in [-0.05, 0) is 57.2 Å². The fraction of sp³-hybridized carbons (Fsp3) is 0.424. The summed E-state index contributed by atoms with van der Waals surface area (Å²) in [6.45, 7) is 11.3. The van der Waals surface area contributed by atoms with Crippen LogP contribution in [-0.4, -0.2) is 48.4 Å². The molecule has 0 aliphatic heterocycles. The average Bonchev–Trinajstić information content (AvgIpc) is 3.64. The van der Waals surface area contributed by atoms with Crippen LogP contribution in [0.25, 0.3) is 10.9 Å². The molecule has 0 unspecified atom stereocenters. The average molecular weight is 635 g/mol. The van der Waals surface area contributed by atoms with Crippen molar-refractivity contribution in [1.29, 1.82) is 5.26 Å². The Morgan fingerprint density at radius 1 is 1.11 bits per heavy atom. The number of nitrogens with zero attached hydrogens (tertiary/aromatic N) is 6. The highest BCUT2D eigenvalue weighted by Gasteiger charge is 2.66. The number of hydrogen-bond donors (Lipinski definition) is 3. The fourth-order valence-corrected chi connectivity index (χ4v) is 5.03. The molecule has 4 aromatic rings. The number of nitriles is 1. The van der Waals surface area contributed by atoms with Crippen molar-refractivity contribution in [2.75, 3.05) is 17.2 Å². The molecule has 240 valence electrons. The van der Waals surface area contributed by atoms with Gasteiger partial charge in [0.2, 0.25) is 5.95 Å². The van der Waals surface area contributed by atoms with Gasteiger partial charge in [0.1, 0.15) is 17.4 Å². The van der Waals surface area contributed by atoms with Crippen LogP contribution in [0.5, 0.6) is 0 Å². The minimum absolute atomic E-state index is 0.110. The molecule has 1 aliphatic rings. The lowest BCUT2D eigenvalue weighted by Gasteiger charge is -2.23. The van der Waals surface area contributed by atoms with Crippen LogP contribution in [0.4, 0.5) is 28.9 Å². The van der Waals surface area contributed by atoms with E-state index >= 15 is 0 Å². The number of fused-ring (bicyclic) bond motifs is 1. The maximum Gasteiger partial charge on any atom is 0.413 e. The van der Waals surface area contributed by atoms with E-state index in [1.165, 1.54) is 18.5 Å². The van der Waals surface area contributed by atoms with Crippen LogP contribution in [-0.2, 0) is 5.54 Å². The highest BCUT2D eigenvalue weighted by Crippen LogP contribution is 2.55. The van der Waals surface area contributed by atoms with Gasteiger partial charge in [-0.15, -0.1) is 5.10 Å². The molecule has 0 radical (unpaired) electrons. The number of anilines is 2. The predicted molar refractivity (Wildman–Crippen MR) is 165 cm³/mol. The highest BCUT2D eigenvalue weighted by atomic mass is 19.4. The maximum absolute atomic E-state index is 14.1. The summed E-state index contributed by atoms with van der Waals surface area (Å²) in [6.07, 6.45) is -2.02. The first-order chi connectivity index (χ1) is 21.4. The lowest BCUT2D eigenvalue weighted by Crippen LogP contribution is -2.35. The van der Waals surface area contributed by atoms with E-state index in [1.807, 2.05) is 20.8 Å². The Hall–Kier alpha value is -4.75. The van der Waals surface area contributed by atoms with Gasteiger partial charge in [-0.2, -0.15) is 22.8 Å². The molecule has 46 heavy (non-hydrogen) atoms. The van der Waals surface area contributed by atoms with Crippen molar-refractivity contribution in [3.63, 3.8) is 0 Å². The molecule has 0 saturated heterocycles. The zero-order valence-electron chi connectivity index (χ0n) is 26.3. The van der Waals surface area contributed by atoms with E-state index in [4.69, 9.17) is 0 Å². The molecule has 3 heterocycles. The van der Waals surface area contributed by atoms with Gasteiger partial charge in [-0.3, -0.25) is 4.98 Å². The molecule has 0 amide bonds. The first kappa shape index (κ1) is 32.6. The predicted octanol–water partition coefficient (Wildman–Crippen LogP) is 6.37. The number of benzene rings is 1. The molecule has 1 saturated carbocycles. The number of alkyl halides is 3. The molecule has 1 aromatic carbocycles. The van der Waals surface area contributed by atoms with Crippen molar-refractivity contribution < 1.29 is 22.7 Å². The number of pyridine rings is 2. The van der Waals surface area contributed by atoms with E-state index in [0.717, 1.165) is 10.7 Å². The quantitative estimate of drug-likeness (QED) is 0.122. The monoisotopic (exact) mass is 634 g/mol. The molecule has 1 aliphatic carbocycles. The molecular formula is C33H34F4N8O. The summed E-state index contributed by atoms with van der Waals surface area (Å²) in [4.78, 5) is 8.45. The van der Waals surface area contributed by atoms with E-state index in [0.29, 0.717) is 51.2 Å². The third-order valence-corrected chi connectivity index (χ3v) is 7.60. The minimum atomic E-state index is -4.51. The SMILES string of the molecule is Cc1nc(F)ccc1[C@H](Nc1cc(C#CC(C)(C)O)c2ncc(C#N)c(NCC(C)(C)C)c2c1)c1cn(C2(C(F)(F)F)CC2)nn1. The smallest absolute Gasteiger partial charge is 0.383 e. The Labute approximate surface area is 264 Å². The van der Waals surface area contributed by atoms with Gasteiger partial charge >= 0.3 is 6.18 Å². The van der Waals surface area contributed by atoms with E-state index in [9.17, 15) is 27.9 Å². The van der Waals surface area contributed by atoms with Gasteiger partial charge in [0.05, 0.1) is 34.6 Å². The standard InChI is InChI=1S/C33H34F4N8O/c1-19-23(7-8-26(34)41-19)29(25-17-45(44-43-25)32(11-12-32)33(35,36)37)42-22-13-20(9-10-31(5,6)46)27-24(14-22)28(21(15-38)16-39-27)40-18-30(2,3)4/h7-8,13-14,16-17,29,42,46H,11-12,18H2,1-6H3,(H,39,40)/t29-/m0/s1. The normalized spacial score (nSPS) is 15.1. The number of rotatable bonds is 7. The second kappa shape index (κ2) is 11.6. The Morgan fingerprint density at radius 3 is 2.41 bits per heavy atom. The lowest BCUT2D eigenvalue weighted by atomic mass is 9.96. The molecule has 13 heteroatoms. The van der Waals surface area contributed by atoms with E-state index in [1.54, 1.807) is 32.9 Å². The van der Waals surface area contributed by atoms with Crippen LogP contribution in [0.3, 0.4) is 0 Å². The summed E-state index contributed by atoms with van der Waals surface area (Å²) in [5, 5.41) is 35.6. The van der Waals surface area contributed by atoms with Crippen LogP contribution in [0.2, 0.25) is 0 Å². The van der Waals surface area contributed by atoms with Crippen LogP contribution in [0.1, 0.15) is 81.6 Å². The first-order valence-electron chi connectivity index (χ1n) is 14.7. The Balaban J connectivity index is 1.69. The summed E-state index contributed by atoms with van der Waals surface area (Å²) < 4.78 is 56.7. The second-order valence-corrected chi connectivity index (χ2v) is 13.3. The summed E-state index contributed by atoms with van der Waals surface area (Å²) in [5.74, 6) is 5.09. The summed E-state index contributed by atoms with van der Waals surface area (Å²) in [7, 11) is 0. The van der Waals surface area contributed by atoms with Crippen molar-refractivity contribution in [3.05, 3.63) is 70.7 Å². The first-order valence-corrected chi connectivity index (χ1v) is 14.7. The molecule has 9 nitrogen and oxygen atoms in total. The van der Waals surface area contributed by atoms with Crippen LogP contribution in [0.15, 0.2) is 36.7 Å². The Bertz CT molecular complexity index is 1900. The van der Waals surface area contributed by atoms with E-state index in [-0.39, 0.29) is 24.0 Å². The third-order valence-electron chi connectivity index (χ3n) is 7.60. The second-order valence-electron chi connectivity index (χ2n) is 13.3. The van der Waals surface area contributed by atoms with Crippen molar-refractivity contribution in [1.82, 2.24) is 25.0 Å². The molecule has 3 aromatic heterocycles. The number of nitrogens with one attached hydrogen (secondary N) is 2. The summed E-state index contributed by atoms with van der Waals surface area (Å²) >= 11 is 0. The van der Waals surface area contributed by atoms with Crippen LogP contribution in [0, 0.1) is 41.5 Å². The maximum atomic E-state index is 14.1. The van der Waals surface area contributed by atoms with Crippen LogP contribution < -0.4 is 10.6 Å². The summed E-state index contributed by atoms with van der Waals surface area (Å²) in [6, 6.07) is 7.38. The molecular weight excluding hydrogens is 600 g/mol. The van der Waals surface area contributed by atoms with Crippen molar-refractivity contribution in [2.45, 2.75) is 77.7 Å². The zero-order chi connectivity index (χ0) is 33.7. The Morgan fingerprint density at radius 2 is 1.83 bits per heavy atom. The number of aryl methyl sites for hydroxylation is 1. The van der Waals surface area contributed by atoms with Crippen molar-refractivity contribution in [3.8, 4) is 17.9 Å². The van der Waals surface area contributed by atoms with Gasteiger partial charge in [0.15, 0.2) is 5.54 Å². The fourth-order valence-electron chi connectivity index (χ4n) is 5.03. The lowest BCUT2D eigenvalue weighted by molar-refractivity contribution is -0.182. The molecule has 1 fully saturated rings. The topological polar surface area (TPSA) is 125 Å². The molecule has 0 spiro atoms. The minimum Gasteiger partial charge on any atom is -0.383 e. The molecule has 1 atom stereocenters. The molecule has 5 rings (SSSR count). The molecule has 0 bridgehead atoms. The Kier molecular flexibility index (Phi) is 8.20. The largest absolute Gasteiger partial charge is 0.413 e. The number of halogens is 4. The van der Waals surface area contributed by atoms with E-state index < -0.39 is 29.3 Å². The van der Waals surface area contributed by atoms with Crippen molar-refractivity contribution >= 4 is 22.3 Å². The van der Waals surface area contributed by atoms with Gasteiger partial charge < -0.3 is 15.7 Å². The van der Waals surface area contributed by atoms with Gasteiger partial charge in [-0.25, -0.2) is 9.67 Å². The van der Waals surface area contributed by atoms with E-state index in [2.05, 4.69) is 48.8 Å². The number of aromatic nitrogens is 5. The van der Waals surface area contributed by atoms with Gasteiger partial charge in [-0.1, -0.05) is 43.9 Å².